The topological polar surface area (TPSA) is 84.9 Å². The van der Waals surface area contributed by atoms with E-state index < -0.39 is 22.0 Å². The first-order valence-corrected chi connectivity index (χ1v) is 11.0. The van der Waals surface area contributed by atoms with Crippen LogP contribution in [-0.4, -0.2) is 33.4 Å². The van der Waals surface area contributed by atoms with Crippen molar-refractivity contribution >= 4 is 50.5 Å². The highest BCUT2D eigenvalue weighted by Crippen LogP contribution is 2.35. The molecule has 10 heteroatoms. The number of rotatable bonds is 6. The molecule has 0 spiro atoms. The fraction of sp³-hybridized carbons (Fsp3) is 0.278. The van der Waals surface area contributed by atoms with Crippen molar-refractivity contribution in [3.63, 3.8) is 0 Å². The molecule has 2 aromatic carbocycles. The minimum atomic E-state index is -3.83. The minimum absolute atomic E-state index is 0.111. The van der Waals surface area contributed by atoms with E-state index in [9.17, 15) is 13.2 Å². The van der Waals surface area contributed by atoms with Gasteiger partial charge in [-0.15, -0.1) is 0 Å². The van der Waals surface area contributed by atoms with Crippen molar-refractivity contribution in [3.8, 4) is 11.5 Å². The fourth-order valence-electron chi connectivity index (χ4n) is 2.89. The van der Waals surface area contributed by atoms with Crippen LogP contribution in [0.4, 0.5) is 11.4 Å². The van der Waals surface area contributed by atoms with E-state index in [4.69, 9.17) is 32.7 Å². The van der Waals surface area contributed by atoms with Crippen LogP contribution in [0.25, 0.3) is 0 Å². The fourth-order valence-corrected chi connectivity index (χ4v) is 4.53. The Labute approximate surface area is 173 Å². The number of anilines is 2. The quantitative estimate of drug-likeness (QED) is 0.729. The molecule has 0 aromatic heterocycles. The van der Waals surface area contributed by atoms with E-state index >= 15 is 0 Å². The average molecular weight is 445 g/mol. The molecule has 0 unspecified atom stereocenters. The number of ether oxygens (including phenoxy) is 2. The van der Waals surface area contributed by atoms with Crippen LogP contribution < -0.4 is 19.1 Å². The van der Waals surface area contributed by atoms with Crippen molar-refractivity contribution in [2.45, 2.75) is 19.4 Å². The van der Waals surface area contributed by atoms with Gasteiger partial charge in [0.2, 0.25) is 22.7 Å². The molecule has 1 aliphatic heterocycles. The first kappa shape index (κ1) is 20.6. The molecule has 28 heavy (non-hydrogen) atoms. The van der Waals surface area contributed by atoms with E-state index in [0.717, 1.165) is 10.6 Å². The first-order chi connectivity index (χ1) is 13.2. The molecular weight excluding hydrogens is 427 g/mol. The number of nitrogens with one attached hydrogen (secondary N) is 1. The van der Waals surface area contributed by atoms with Gasteiger partial charge in [-0.2, -0.15) is 0 Å². The molecule has 0 saturated carbocycles. The smallest absolute Gasteiger partial charge is 0.248 e. The summed E-state index contributed by atoms with van der Waals surface area (Å²) in [5.74, 6) is 0.569. The van der Waals surface area contributed by atoms with E-state index in [1.54, 1.807) is 31.2 Å². The Balaban J connectivity index is 1.94. The SMILES string of the molecule is CC[C@H](C(=O)Nc1ccc2c(c1)OCO2)N(c1cc(Cl)ccc1Cl)S(C)(=O)=O. The molecule has 0 fully saturated rings. The Kier molecular flexibility index (Phi) is 5.92. The minimum Gasteiger partial charge on any atom is -0.454 e. The second kappa shape index (κ2) is 8.06. The highest BCUT2D eigenvalue weighted by molar-refractivity contribution is 7.92. The second-order valence-electron chi connectivity index (χ2n) is 6.14. The first-order valence-electron chi connectivity index (χ1n) is 8.35. The van der Waals surface area contributed by atoms with Gasteiger partial charge >= 0.3 is 0 Å². The number of carbonyl (C=O) groups excluding carboxylic acids is 1. The monoisotopic (exact) mass is 444 g/mol. The summed E-state index contributed by atoms with van der Waals surface area (Å²) in [5.41, 5.74) is 0.600. The van der Waals surface area contributed by atoms with Crippen LogP contribution in [0.5, 0.6) is 11.5 Å². The maximum absolute atomic E-state index is 12.9. The standard InChI is InChI=1S/C18H18Cl2N2O5S/c1-3-14(18(23)21-12-5-7-16-17(9-12)27-10-26-16)22(28(2,24)25)15-8-11(19)4-6-13(15)20/h4-9,14H,3,10H2,1-2H3,(H,21,23)/t14-/m1/s1. The van der Waals surface area contributed by atoms with Crippen molar-refractivity contribution in [1.82, 2.24) is 0 Å². The number of sulfonamides is 1. The lowest BCUT2D eigenvalue weighted by molar-refractivity contribution is -0.117. The zero-order valence-corrected chi connectivity index (χ0v) is 17.4. The van der Waals surface area contributed by atoms with Crippen LogP contribution in [0.15, 0.2) is 36.4 Å². The van der Waals surface area contributed by atoms with Gasteiger partial charge in [0.15, 0.2) is 11.5 Å². The van der Waals surface area contributed by atoms with Gasteiger partial charge in [0.25, 0.3) is 0 Å². The van der Waals surface area contributed by atoms with Gasteiger partial charge < -0.3 is 14.8 Å². The third-order valence-electron chi connectivity index (χ3n) is 4.12. The number of carbonyl (C=O) groups is 1. The van der Waals surface area contributed by atoms with Gasteiger partial charge in [0.05, 0.1) is 17.0 Å². The van der Waals surface area contributed by atoms with Crippen molar-refractivity contribution in [2.24, 2.45) is 0 Å². The molecule has 1 aliphatic rings. The van der Waals surface area contributed by atoms with Crippen molar-refractivity contribution in [3.05, 3.63) is 46.4 Å². The van der Waals surface area contributed by atoms with Gasteiger partial charge in [-0.05, 0) is 36.8 Å². The molecule has 0 aliphatic carbocycles. The van der Waals surface area contributed by atoms with Gasteiger partial charge in [0, 0.05) is 16.8 Å². The van der Waals surface area contributed by atoms with Crippen LogP contribution in [0.2, 0.25) is 10.0 Å². The molecule has 0 radical (unpaired) electrons. The van der Waals surface area contributed by atoms with Crippen LogP contribution in [-0.2, 0) is 14.8 Å². The summed E-state index contributed by atoms with van der Waals surface area (Å²) < 4.78 is 36.6. The number of halogens is 2. The zero-order valence-electron chi connectivity index (χ0n) is 15.1. The lowest BCUT2D eigenvalue weighted by Crippen LogP contribution is -2.47. The van der Waals surface area contributed by atoms with Gasteiger partial charge in [-0.1, -0.05) is 30.1 Å². The number of amides is 1. The Morgan fingerprint density at radius 3 is 2.57 bits per heavy atom. The highest BCUT2D eigenvalue weighted by Gasteiger charge is 2.33. The molecule has 1 atom stereocenters. The lowest BCUT2D eigenvalue weighted by Gasteiger charge is -2.30. The van der Waals surface area contributed by atoms with E-state index in [-0.39, 0.29) is 23.9 Å². The lowest BCUT2D eigenvalue weighted by atomic mass is 10.1. The predicted octanol–water partition coefficient (Wildman–Crippen LogP) is 3.91. The van der Waals surface area contributed by atoms with Crippen LogP contribution in [0.3, 0.4) is 0 Å². The summed E-state index contributed by atoms with van der Waals surface area (Å²) in [5, 5.41) is 3.20. The van der Waals surface area contributed by atoms with Crippen LogP contribution in [0.1, 0.15) is 13.3 Å². The third-order valence-corrected chi connectivity index (χ3v) is 5.84. The Hall–Kier alpha value is -2.16. The summed E-state index contributed by atoms with van der Waals surface area (Å²) in [4.78, 5) is 12.9. The average Bonchev–Trinajstić information content (AvgIpc) is 3.08. The van der Waals surface area contributed by atoms with Crippen molar-refractivity contribution in [2.75, 3.05) is 22.7 Å². The van der Waals surface area contributed by atoms with Crippen molar-refractivity contribution in [1.29, 1.82) is 0 Å². The van der Waals surface area contributed by atoms with E-state index in [2.05, 4.69) is 5.32 Å². The molecular formula is C18H18Cl2N2O5S. The molecule has 1 heterocycles. The number of nitrogens with zero attached hydrogens (tertiary/aromatic N) is 1. The van der Waals surface area contributed by atoms with E-state index in [1.807, 2.05) is 0 Å². The van der Waals surface area contributed by atoms with Gasteiger partial charge in [-0.3, -0.25) is 9.10 Å². The molecule has 7 nitrogen and oxygen atoms in total. The summed E-state index contributed by atoms with van der Waals surface area (Å²) in [6.07, 6.45) is 1.23. The second-order valence-corrected chi connectivity index (χ2v) is 8.84. The molecule has 2 aromatic rings. The maximum atomic E-state index is 12.9. The Bertz CT molecular complexity index is 1010. The zero-order chi connectivity index (χ0) is 20.5. The summed E-state index contributed by atoms with van der Waals surface area (Å²) >= 11 is 12.2. The van der Waals surface area contributed by atoms with Gasteiger partial charge in [0.1, 0.15) is 6.04 Å². The summed E-state index contributed by atoms with van der Waals surface area (Å²) in [7, 11) is -3.83. The number of benzene rings is 2. The van der Waals surface area contributed by atoms with E-state index in [0.29, 0.717) is 22.2 Å². The third kappa shape index (κ3) is 4.29. The van der Waals surface area contributed by atoms with Crippen LogP contribution in [0, 0.1) is 0 Å². The van der Waals surface area contributed by atoms with Crippen molar-refractivity contribution < 1.29 is 22.7 Å². The molecule has 150 valence electrons. The maximum Gasteiger partial charge on any atom is 0.248 e. The van der Waals surface area contributed by atoms with E-state index in [1.165, 1.54) is 12.1 Å². The molecule has 0 bridgehead atoms. The molecule has 1 amide bonds. The summed E-state index contributed by atoms with van der Waals surface area (Å²) in [6, 6.07) is 8.35. The highest BCUT2D eigenvalue weighted by atomic mass is 35.5. The van der Waals surface area contributed by atoms with Crippen LogP contribution >= 0.6 is 23.2 Å². The molecule has 1 N–H and O–H groups in total. The molecule has 0 saturated heterocycles. The Morgan fingerprint density at radius 2 is 1.89 bits per heavy atom. The number of fused-ring (bicyclic) bond motifs is 1. The normalized spacial score (nSPS) is 13.9. The Morgan fingerprint density at radius 1 is 1.18 bits per heavy atom. The largest absolute Gasteiger partial charge is 0.454 e. The predicted molar refractivity (Wildman–Crippen MR) is 109 cm³/mol. The number of hydrogen-bond donors (Lipinski definition) is 1. The van der Waals surface area contributed by atoms with Gasteiger partial charge in [-0.25, -0.2) is 8.42 Å². The molecule has 3 rings (SSSR count). The number of hydrogen-bond acceptors (Lipinski definition) is 5. The summed E-state index contributed by atoms with van der Waals surface area (Å²) in [6.45, 7) is 1.82.